The van der Waals surface area contributed by atoms with Crippen molar-refractivity contribution in [1.82, 2.24) is 14.8 Å². The molecule has 0 aromatic carbocycles. The lowest BCUT2D eigenvalue weighted by Gasteiger charge is -1.91. The number of aromatic amines is 1. The molecule has 1 fully saturated rings. The molecule has 1 aliphatic carbocycles. The van der Waals surface area contributed by atoms with E-state index in [1.165, 1.54) is 10.9 Å². The van der Waals surface area contributed by atoms with Gasteiger partial charge in [0.25, 0.3) is 0 Å². The fourth-order valence-corrected chi connectivity index (χ4v) is 1.01. The van der Waals surface area contributed by atoms with Crippen LogP contribution in [0.3, 0.4) is 0 Å². The van der Waals surface area contributed by atoms with Crippen molar-refractivity contribution in [3.05, 3.63) is 16.8 Å². The van der Waals surface area contributed by atoms with Gasteiger partial charge in [-0.25, -0.2) is 9.89 Å². The summed E-state index contributed by atoms with van der Waals surface area (Å²) >= 11 is 0. The molecule has 1 heterocycles. The lowest BCUT2D eigenvalue weighted by Crippen LogP contribution is -2.18. The van der Waals surface area contributed by atoms with E-state index < -0.39 is 0 Å². The molecule has 0 saturated heterocycles. The molecule has 1 aromatic rings. The van der Waals surface area contributed by atoms with Crippen LogP contribution in [-0.2, 0) is 0 Å². The molecule has 1 aromatic heterocycles. The minimum Gasteiger partial charge on any atom is -0.326 e. The van der Waals surface area contributed by atoms with E-state index >= 15 is 0 Å². The zero-order valence-corrected chi connectivity index (χ0v) is 5.32. The Hall–Kier alpha value is -1.10. The maximum Gasteiger partial charge on any atom is 0.343 e. The van der Waals surface area contributed by atoms with Crippen molar-refractivity contribution >= 4 is 0 Å². The molecule has 5 nitrogen and oxygen atoms in total. The van der Waals surface area contributed by atoms with Crippen molar-refractivity contribution in [3.63, 3.8) is 0 Å². The van der Waals surface area contributed by atoms with Gasteiger partial charge in [-0.2, -0.15) is 5.10 Å². The monoisotopic (exact) mass is 140 g/mol. The van der Waals surface area contributed by atoms with Gasteiger partial charge >= 0.3 is 5.69 Å². The Kier molecular flexibility index (Phi) is 0.960. The summed E-state index contributed by atoms with van der Waals surface area (Å²) in [6.45, 7) is 0. The molecule has 54 valence electrons. The number of hydrogen-bond acceptors (Lipinski definition) is 3. The molecule has 2 unspecified atom stereocenters. The van der Waals surface area contributed by atoms with E-state index in [2.05, 4.69) is 10.2 Å². The normalized spacial score (nSPS) is 30.5. The average molecular weight is 140 g/mol. The number of nitrogens with zero attached hydrogens (tertiary/aromatic N) is 2. The average Bonchev–Trinajstić information content (AvgIpc) is 2.42. The van der Waals surface area contributed by atoms with Crippen molar-refractivity contribution in [3.8, 4) is 0 Å². The zero-order valence-electron chi connectivity index (χ0n) is 5.32. The van der Waals surface area contributed by atoms with E-state index in [0.717, 1.165) is 6.42 Å². The zero-order chi connectivity index (χ0) is 7.14. The summed E-state index contributed by atoms with van der Waals surface area (Å²) in [6.07, 6.45) is 2.37. The fraction of sp³-hybridized carbons (Fsp3) is 0.600. The van der Waals surface area contributed by atoms with Crippen molar-refractivity contribution in [1.29, 1.82) is 0 Å². The highest BCUT2D eigenvalue weighted by Gasteiger charge is 2.36. The third-order valence-electron chi connectivity index (χ3n) is 1.74. The summed E-state index contributed by atoms with van der Waals surface area (Å²) in [5.74, 6) is 0. The van der Waals surface area contributed by atoms with Crippen LogP contribution in [0.15, 0.2) is 11.1 Å². The van der Waals surface area contributed by atoms with Crippen LogP contribution in [0.1, 0.15) is 12.5 Å². The first-order valence-electron chi connectivity index (χ1n) is 3.16. The lowest BCUT2D eigenvalue weighted by molar-refractivity contribution is 0.684. The second-order valence-corrected chi connectivity index (χ2v) is 2.54. The summed E-state index contributed by atoms with van der Waals surface area (Å²) in [6, 6.07) is 0.335. The van der Waals surface area contributed by atoms with E-state index in [1.54, 1.807) is 0 Å². The summed E-state index contributed by atoms with van der Waals surface area (Å²) in [7, 11) is 0. The van der Waals surface area contributed by atoms with Crippen LogP contribution >= 0.6 is 0 Å². The summed E-state index contributed by atoms with van der Waals surface area (Å²) < 4.78 is 1.53. The molecule has 5 heteroatoms. The molecule has 1 aliphatic rings. The van der Waals surface area contributed by atoms with Crippen molar-refractivity contribution < 1.29 is 0 Å². The molecule has 2 rings (SSSR count). The van der Waals surface area contributed by atoms with E-state index in [1.807, 2.05) is 0 Å². The second-order valence-electron chi connectivity index (χ2n) is 2.54. The van der Waals surface area contributed by atoms with Gasteiger partial charge in [-0.05, 0) is 6.42 Å². The van der Waals surface area contributed by atoms with Gasteiger partial charge in [-0.1, -0.05) is 0 Å². The van der Waals surface area contributed by atoms with Crippen LogP contribution in [-0.4, -0.2) is 20.8 Å². The molecule has 3 N–H and O–H groups in total. The standard InChI is InChI=1S/C5H8N4O/c6-3-1-4(3)9-2-7-8-5(9)10/h2-4H,1,6H2,(H,8,10). The Bertz CT molecular complexity index is 288. The smallest absolute Gasteiger partial charge is 0.326 e. The number of rotatable bonds is 1. The quantitative estimate of drug-likeness (QED) is 0.516. The van der Waals surface area contributed by atoms with Crippen LogP contribution in [0.5, 0.6) is 0 Å². The molecular formula is C5H8N4O. The predicted octanol–water partition coefficient (Wildman–Crippen LogP) is -1.16. The second kappa shape index (κ2) is 1.69. The number of hydrogen-bond donors (Lipinski definition) is 2. The van der Waals surface area contributed by atoms with Gasteiger partial charge < -0.3 is 5.73 Å². The largest absolute Gasteiger partial charge is 0.343 e. The summed E-state index contributed by atoms with van der Waals surface area (Å²) in [5, 5.41) is 5.90. The third kappa shape index (κ3) is 0.672. The first kappa shape index (κ1) is 5.67. The number of nitrogens with two attached hydrogens (primary N) is 1. The highest BCUT2D eigenvalue weighted by molar-refractivity contribution is 4.96. The Balaban J connectivity index is 2.35. The van der Waals surface area contributed by atoms with Gasteiger partial charge in [-0.15, -0.1) is 0 Å². The van der Waals surface area contributed by atoms with Crippen molar-refractivity contribution in [2.24, 2.45) is 5.73 Å². The van der Waals surface area contributed by atoms with Gasteiger partial charge in [0.05, 0.1) is 6.04 Å². The van der Waals surface area contributed by atoms with E-state index in [9.17, 15) is 4.79 Å². The van der Waals surface area contributed by atoms with Gasteiger partial charge in [0.2, 0.25) is 0 Å². The van der Waals surface area contributed by atoms with Crippen LogP contribution in [0.25, 0.3) is 0 Å². The minimum atomic E-state index is -0.169. The maximum absolute atomic E-state index is 10.8. The minimum absolute atomic E-state index is 0.148. The molecule has 10 heavy (non-hydrogen) atoms. The summed E-state index contributed by atoms with van der Waals surface area (Å²) in [4.78, 5) is 10.8. The van der Waals surface area contributed by atoms with Crippen LogP contribution in [0.4, 0.5) is 0 Å². The SMILES string of the molecule is NC1CC1n1cn[nH]c1=O. The Labute approximate surface area is 56.8 Å². The topological polar surface area (TPSA) is 76.7 Å². The van der Waals surface area contributed by atoms with E-state index in [-0.39, 0.29) is 17.8 Å². The predicted molar refractivity (Wildman–Crippen MR) is 34.5 cm³/mol. The highest BCUT2D eigenvalue weighted by Crippen LogP contribution is 2.31. The van der Waals surface area contributed by atoms with Gasteiger partial charge in [0, 0.05) is 6.04 Å². The third-order valence-corrected chi connectivity index (χ3v) is 1.74. The van der Waals surface area contributed by atoms with Crippen LogP contribution < -0.4 is 11.4 Å². The van der Waals surface area contributed by atoms with Crippen molar-refractivity contribution in [2.75, 3.05) is 0 Å². The molecule has 1 saturated carbocycles. The first-order chi connectivity index (χ1) is 4.79. The van der Waals surface area contributed by atoms with E-state index in [4.69, 9.17) is 5.73 Å². The molecular weight excluding hydrogens is 132 g/mol. The van der Waals surface area contributed by atoms with Gasteiger partial charge in [0.15, 0.2) is 0 Å². The van der Waals surface area contributed by atoms with E-state index in [0.29, 0.717) is 0 Å². The molecule has 0 aliphatic heterocycles. The van der Waals surface area contributed by atoms with Crippen LogP contribution in [0.2, 0.25) is 0 Å². The molecule has 0 amide bonds. The number of aromatic nitrogens is 3. The Morgan fingerprint density at radius 1 is 1.90 bits per heavy atom. The highest BCUT2D eigenvalue weighted by atomic mass is 16.1. The molecule has 2 atom stereocenters. The van der Waals surface area contributed by atoms with Crippen molar-refractivity contribution in [2.45, 2.75) is 18.5 Å². The fourth-order valence-electron chi connectivity index (χ4n) is 1.01. The lowest BCUT2D eigenvalue weighted by atomic mass is 10.6. The Morgan fingerprint density at radius 3 is 3.00 bits per heavy atom. The maximum atomic E-state index is 10.8. The molecule has 0 spiro atoms. The molecule has 0 radical (unpaired) electrons. The number of H-pyrrole nitrogens is 1. The van der Waals surface area contributed by atoms with Gasteiger partial charge in [-0.3, -0.25) is 4.57 Å². The summed E-state index contributed by atoms with van der Waals surface area (Å²) in [5.41, 5.74) is 5.36. The first-order valence-corrected chi connectivity index (χ1v) is 3.16. The molecule has 0 bridgehead atoms. The number of nitrogens with one attached hydrogen (secondary N) is 1. The van der Waals surface area contributed by atoms with Gasteiger partial charge in [0.1, 0.15) is 6.33 Å². The van der Waals surface area contributed by atoms with Crippen LogP contribution in [0, 0.1) is 0 Å². The Morgan fingerprint density at radius 2 is 2.60 bits per heavy atom.